The molecule has 10 heteroatoms. The van der Waals surface area contributed by atoms with E-state index in [1.165, 1.54) is 19.4 Å². The minimum absolute atomic E-state index is 0.0495. The molecule has 0 saturated carbocycles. The van der Waals surface area contributed by atoms with Gasteiger partial charge < -0.3 is 33.5 Å². The van der Waals surface area contributed by atoms with Gasteiger partial charge in [-0.15, -0.1) is 0 Å². The molecule has 0 spiro atoms. The molecule has 2 rings (SSSR count). The first-order valence-electron chi connectivity index (χ1n) is 8.40. The minimum Gasteiger partial charge on any atom is -0.505 e. The van der Waals surface area contributed by atoms with Crippen molar-refractivity contribution < 1.29 is 38.3 Å². The first-order valence-corrected chi connectivity index (χ1v) is 8.40. The summed E-state index contributed by atoms with van der Waals surface area (Å²) in [5.41, 5.74) is 0.137. The molecule has 1 aliphatic rings. The fraction of sp³-hybridized carbons (Fsp3) is 0.588. The molecule has 0 bridgehead atoms. The van der Waals surface area contributed by atoms with Crippen molar-refractivity contribution >= 4 is 11.9 Å². The van der Waals surface area contributed by atoms with Crippen LogP contribution in [-0.4, -0.2) is 88.5 Å². The van der Waals surface area contributed by atoms with Gasteiger partial charge in [-0.2, -0.15) is 0 Å². The molecule has 1 aromatic heterocycles. The molecule has 1 N–H and O–H groups in total. The quantitative estimate of drug-likeness (QED) is 0.397. The summed E-state index contributed by atoms with van der Waals surface area (Å²) in [4.78, 5) is 19.6. The van der Waals surface area contributed by atoms with E-state index in [-0.39, 0.29) is 23.9 Å². The van der Waals surface area contributed by atoms with Crippen LogP contribution in [0.15, 0.2) is 17.3 Å². The van der Waals surface area contributed by atoms with Crippen LogP contribution in [0.5, 0.6) is 11.5 Å². The third-order valence-corrected chi connectivity index (χ3v) is 3.47. The van der Waals surface area contributed by atoms with E-state index in [9.17, 15) is 9.90 Å². The number of hydrogen-bond acceptors (Lipinski definition) is 10. The fourth-order valence-corrected chi connectivity index (χ4v) is 2.12. The Bertz CT molecular complexity index is 637. The summed E-state index contributed by atoms with van der Waals surface area (Å²) in [6.07, 6.45) is 1.43. The largest absolute Gasteiger partial charge is 0.505 e. The van der Waals surface area contributed by atoms with E-state index < -0.39 is 12.0 Å². The Labute approximate surface area is 157 Å². The van der Waals surface area contributed by atoms with Gasteiger partial charge in [-0.25, -0.2) is 14.8 Å². The lowest BCUT2D eigenvalue weighted by molar-refractivity contribution is -0.142. The van der Waals surface area contributed by atoms with Crippen molar-refractivity contribution in [2.75, 3.05) is 60.5 Å². The minimum atomic E-state index is -0.752. The molecule has 1 aromatic rings. The third kappa shape index (κ3) is 6.66. The first-order chi connectivity index (χ1) is 13.2. The summed E-state index contributed by atoms with van der Waals surface area (Å²) >= 11 is 0. The molecule has 0 radical (unpaired) electrons. The van der Waals surface area contributed by atoms with Gasteiger partial charge >= 0.3 is 5.97 Å². The predicted octanol–water partition coefficient (Wildman–Crippen LogP) is 0.164. The number of esters is 1. The summed E-state index contributed by atoms with van der Waals surface area (Å²) in [5, 5.41) is 10.1. The van der Waals surface area contributed by atoms with E-state index >= 15 is 0 Å². The zero-order chi connectivity index (χ0) is 19.5. The van der Waals surface area contributed by atoms with Gasteiger partial charge in [-0.3, -0.25) is 0 Å². The second-order valence-electron chi connectivity index (χ2n) is 5.39. The smallest absolute Gasteiger partial charge is 0.334 e. The number of aromatic hydroxyl groups is 1. The summed E-state index contributed by atoms with van der Waals surface area (Å²) in [5.74, 6) is -0.205. The Hall–Kier alpha value is -2.43. The predicted molar refractivity (Wildman–Crippen MR) is 93.2 cm³/mol. The molecule has 0 aliphatic carbocycles. The summed E-state index contributed by atoms with van der Waals surface area (Å²) in [6, 6.07) is 0.644. The number of nitrogens with zero attached hydrogens (tertiary/aromatic N) is 2. The molecular weight excluding hydrogens is 360 g/mol. The summed E-state index contributed by atoms with van der Waals surface area (Å²) in [6.45, 7) is 2.73. The van der Waals surface area contributed by atoms with Gasteiger partial charge in [0, 0.05) is 13.2 Å². The number of hydrogen-bond donors (Lipinski definition) is 1. The number of aliphatic imine (C=N–C) groups is 1. The highest BCUT2D eigenvalue weighted by Crippen LogP contribution is 2.24. The van der Waals surface area contributed by atoms with Gasteiger partial charge in [0.1, 0.15) is 19.0 Å². The van der Waals surface area contributed by atoms with Crippen molar-refractivity contribution in [2.45, 2.75) is 6.04 Å². The molecule has 0 saturated heterocycles. The molecule has 0 amide bonds. The van der Waals surface area contributed by atoms with Crippen molar-refractivity contribution in [2.24, 2.45) is 4.99 Å². The van der Waals surface area contributed by atoms with Gasteiger partial charge in [0.05, 0.1) is 46.3 Å². The molecule has 0 aromatic carbocycles. The number of pyridine rings is 1. The average molecular weight is 384 g/mol. The molecule has 150 valence electrons. The van der Waals surface area contributed by atoms with Crippen molar-refractivity contribution in [3.63, 3.8) is 0 Å². The SMILES string of the molecule is COCCOCCOCCOc1cnc(C2=N[C@@H](C(=O)OC)CO2)c(O)c1. The van der Waals surface area contributed by atoms with E-state index in [4.69, 9.17) is 23.7 Å². The molecule has 0 unspecified atom stereocenters. The Morgan fingerprint density at radius 3 is 2.56 bits per heavy atom. The van der Waals surface area contributed by atoms with E-state index in [1.54, 1.807) is 7.11 Å². The topological polar surface area (TPSA) is 118 Å². The lowest BCUT2D eigenvalue weighted by Gasteiger charge is -2.09. The Morgan fingerprint density at radius 1 is 1.19 bits per heavy atom. The van der Waals surface area contributed by atoms with E-state index in [0.717, 1.165) is 0 Å². The Balaban J connectivity index is 1.73. The van der Waals surface area contributed by atoms with Crippen molar-refractivity contribution in [3.8, 4) is 11.5 Å². The molecule has 10 nitrogen and oxygen atoms in total. The van der Waals surface area contributed by atoms with E-state index in [2.05, 4.69) is 14.7 Å². The van der Waals surface area contributed by atoms with Crippen LogP contribution in [0.4, 0.5) is 0 Å². The van der Waals surface area contributed by atoms with Gasteiger partial charge in [-0.1, -0.05) is 0 Å². The van der Waals surface area contributed by atoms with Crippen LogP contribution in [0.3, 0.4) is 0 Å². The lowest BCUT2D eigenvalue weighted by atomic mass is 10.3. The molecule has 1 aliphatic heterocycles. The number of rotatable bonds is 12. The normalized spacial score (nSPS) is 15.9. The summed E-state index contributed by atoms with van der Waals surface area (Å²) in [7, 11) is 2.89. The van der Waals surface area contributed by atoms with Gasteiger partial charge in [0.15, 0.2) is 17.5 Å². The van der Waals surface area contributed by atoms with Gasteiger partial charge in [-0.05, 0) is 0 Å². The summed E-state index contributed by atoms with van der Waals surface area (Å²) < 4.78 is 30.9. The highest BCUT2D eigenvalue weighted by atomic mass is 16.6. The van der Waals surface area contributed by atoms with Crippen molar-refractivity contribution in [1.82, 2.24) is 4.98 Å². The number of carbonyl (C=O) groups is 1. The lowest BCUT2D eigenvalue weighted by Crippen LogP contribution is -2.21. The van der Waals surface area contributed by atoms with Crippen LogP contribution in [0.1, 0.15) is 5.69 Å². The number of ether oxygens (including phenoxy) is 6. The van der Waals surface area contributed by atoms with Crippen molar-refractivity contribution in [1.29, 1.82) is 0 Å². The standard InChI is InChI=1S/C17H24N2O8/c1-22-3-4-24-5-6-25-7-8-26-12-9-14(20)15(18-10-12)16-19-13(11-27-16)17(21)23-2/h9-10,13,20H,3-8,11H2,1-2H3/t13-/m1/s1. The van der Waals surface area contributed by atoms with Crippen LogP contribution in [-0.2, 0) is 28.5 Å². The monoisotopic (exact) mass is 384 g/mol. The molecule has 2 heterocycles. The van der Waals surface area contributed by atoms with Crippen molar-refractivity contribution in [3.05, 3.63) is 18.0 Å². The maximum Gasteiger partial charge on any atom is 0.334 e. The van der Waals surface area contributed by atoms with Gasteiger partial charge in [0.2, 0.25) is 5.90 Å². The van der Waals surface area contributed by atoms with E-state index in [0.29, 0.717) is 45.4 Å². The second-order valence-corrected chi connectivity index (χ2v) is 5.39. The Morgan fingerprint density at radius 2 is 1.89 bits per heavy atom. The maximum atomic E-state index is 11.5. The second kappa shape index (κ2) is 11.3. The van der Waals surface area contributed by atoms with Crippen LogP contribution in [0, 0.1) is 0 Å². The average Bonchev–Trinajstić information content (AvgIpc) is 3.16. The molecule has 1 atom stereocenters. The maximum absolute atomic E-state index is 11.5. The first kappa shape index (κ1) is 20.9. The van der Waals surface area contributed by atoms with Crippen LogP contribution >= 0.6 is 0 Å². The fourth-order valence-electron chi connectivity index (χ4n) is 2.12. The highest BCUT2D eigenvalue weighted by molar-refractivity contribution is 5.98. The highest BCUT2D eigenvalue weighted by Gasteiger charge is 2.29. The Kier molecular flexibility index (Phi) is 8.75. The number of methoxy groups -OCH3 is 2. The van der Waals surface area contributed by atoms with Gasteiger partial charge in [0.25, 0.3) is 0 Å². The molecule has 27 heavy (non-hydrogen) atoms. The van der Waals surface area contributed by atoms with Crippen LogP contribution in [0.2, 0.25) is 0 Å². The van der Waals surface area contributed by atoms with Crippen LogP contribution in [0.25, 0.3) is 0 Å². The molecular formula is C17H24N2O8. The zero-order valence-corrected chi connectivity index (χ0v) is 15.4. The zero-order valence-electron chi connectivity index (χ0n) is 15.4. The number of aromatic nitrogens is 1. The third-order valence-electron chi connectivity index (χ3n) is 3.47. The van der Waals surface area contributed by atoms with Crippen LogP contribution < -0.4 is 4.74 Å². The molecule has 0 fully saturated rings. The number of carbonyl (C=O) groups excluding carboxylic acids is 1. The van der Waals surface area contributed by atoms with E-state index in [1.807, 2.05) is 0 Å².